The van der Waals surface area contributed by atoms with Crippen molar-refractivity contribution in [1.82, 2.24) is 10.3 Å². The lowest BCUT2D eigenvalue weighted by atomic mass is 10.0. The molecule has 0 bridgehead atoms. The predicted octanol–water partition coefficient (Wildman–Crippen LogP) is 2.43. The number of amides is 1. The van der Waals surface area contributed by atoms with Gasteiger partial charge in [-0.05, 0) is 42.3 Å². The van der Waals surface area contributed by atoms with Crippen molar-refractivity contribution in [2.75, 3.05) is 25.0 Å². The first-order valence-electron chi connectivity index (χ1n) is 6.91. The maximum absolute atomic E-state index is 12.3. The zero-order chi connectivity index (χ0) is 14.5. The van der Waals surface area contributed by atoms with E-state index in [1.165, 1.54) is 0 Å². The first kappa shape index (κ1) is 15.3. The second-order valence-corrected chi connectivity index (χ2v) is 5.83. The molecule has 2 N–H and O–H groups in total. The topological polar surface area (TPSA) is 63.2 Å². The fraction of sp³-hybridized carbons (Fsp3) is 0.571. The third kappa shape index (κ3) is 3.70. The summed E-state index contributed by atoms with van der Waals surface area (Å²) in [5.41, 5.74) is 0.563. The summed E-state index contributed by atoms with van der Waals surface area (Å²) in [6.45, 7) is 6.17. The van der Waals surface area contributed by atoms with Gasteiger partial charge in [-0.1, -0.05) is 0 Å². The molecule has 0 spiro atoms. The molecule has 0 aromatic carbocycles. The van der Waals surface area contributed by atoms with E-state index in [-0.39, 0.29) is 12.0 Å². The van der Waals surface area contributed by atoms with Crippen LogP contribution in [-0.2, 0) is 4.74 Å². The van der Waals surface area contributed by atoms with Gasteiger partial charge >= 0.3 is 0 Å². The average Bonchev–Trinajstić information content (AvgIpc) is 2.84. The Balaban J connectivity index is 2.02. The molecule has 1 fully saturated rings. The number of pyridine rings is 1. The van der Waals surface area contributed by atoms with E-state index in [1.54, 1.807) is 12.3 Å². The van der Waals surface area contributed by atoms with Crippen LogP contribution in [0.4, 0.5) is 5.82 Å². The van der Waals surface area contributed by atoms with Crippen LogP contribution in [0.25, 0.3) is 0 Å². The Hall–Kier alpha value is -1.14. The minimum atomic E-state index is -0.103. The van der Waals surface area contributed by atoms with Crippen molar-refractivity contribution in [2.24, 2.45) is 5.92 Å². The van der Waals surface area contributed by atoms with Gasteiger partial charge in [-0.2, -0.15) is 0 Å². The van der Waals surface area contributed by atoms with Crippen LogP contribution in [0.1, 0.15) is 30.6 Å². The minimum Gasteiger partial charge on any atom is -0.378 e. The zero-order valence-corrected chi connectivity index (χ0v) is 13.4. The van der Waals surface area contributed by atoms with Crippen LogP contribution in [0.5, 0.6) is 0 Å². The summed E-state index contributed by atoms with van der Waals surface area (Å²) in [4.78, 5) is 16.5. The van der Waals surface area contributed by atoms with Crippen molar-refractivity contribution in [3.05, 3.63) is 22.3 Å². The highest BCUT2D eigenvalue weighted by Crippen LogP contribution is 2.21. The van der Waals surface area contributed by atoms with Gasteiger partial charge in [-0.15, -0.1) is 0 Å². The Labute approximate surface area is 127 Å². The summed E-state index contributed by atoms with van der Waals surface area (Å²) < 4.78 is 6.29. The van der Waals surface area contributed by atoms with Gasteiger partial charge in [0.2, 0.25) is 0 Å². The SMILES string of the molecule is CCNc1ncc(Br)cc1C(=O)NCC1CCOC1C. The summed E-state index contributed by atoms with van der Waals surface area (Å²) in [6, 6.07) is 1.79. The molecule has 0 saturated carbocycles. The van der Waals surface area contributed by atoms with Crippen LogP contribution in [0.3, 0.4) is 0 Å². The largest absolute Gasteiger partial charge is 0.378 e. The number of ether oxygens (including phenoxy) is 1. The number of carbonyl (C=O) groups is 1. The highest BCUT2D eigenvalue weighted by Gasteiger charge is 2.25. The summed E-state index contributed by atoms with van der Waals surface area (Å²) in [7, 11) is 0. The molecule has 2 unspecified atom stereocenters. The van der Waals surface area contributed by atoms with Crippen molar-refractivity contribution in [1.29, 1.82) is 0 Å². The van der Waals surface area contributed by atoms with Crippen molar-refractivity contribution in [3.8, 4) is 0 Å². The molecule has 20 heavy (non-hydrogen) atoms. The zero-order valence-electron chi connectivity index (χ0n) is 11.8. The number of anilines is 1. The summed E-state index contributed by atoms with van der Waals surface area (Å²) in [6.07, 6.45) is 2.89. The molecule has 2 heterocycles. The first-order chi connectivity index (χ1) is 9.61. The number of nitrogens with zero attached hydrogens (tertiary/aromatic N) is 1. The third-order valence-electron chi connectivity index (χ3n) is 3.50. The van der Waals surface area contributed by atoms with Crippen LogP contribution in [0.15, 0.2) is 16.7 Å². The molecular weight excluding hydrogens is 322 g/mol. The average molecular weight is 342 g/mol. The Morgan fingerprint density at radius 3 is 3.05 bits per heavy atom. The minimum absolute atomic E-state index is 0.103. The monoisotopic (exact) mass is 341 g/mol. The smallest absolute Gasteiger partial charge is 0.255 e. The van der Waals surface area contributed by atoms with Crippen LogP contribution in [-0.4, -0.2) is 36.7 Å². The Kier molecular flexibility index (Phi) is 5.37. The van der Waals surface area contributed by atoms with Crippen LogP contribution < -0.4 is 10.6 Å². The molecule has 1 saturated heterocycles. The van der Waals surface area contributed by atoms with Crippen LogP contribution >= 0.6 is 15.9 Å². The molecule has 6 heteroatoms. The third-order valence-corrected chi connectivity index (χ3v) is 3.93. The van der Waals surface area contributed by atoms with Crippen molar-refractivity contribution < 1.29 is 9.53 Å². The van der Waals surface area contributed by atoms with Crippen LogP contribution in [0, 0.1) is 5.92 Å². The molecule has 2 rings (SSSR count). The molecule has 5 nitrogen and oxygen atoms in total. The standard InChI is InChI=1S/C14H20BrN3O2/c1-3-16-13-12(6-11(15)8-17-13)14(19)18-7-10-4-5-20-9(10)2/h6,8-10H,3-5,7H2,1-2H3,(H,16,17)(H,18,19). The van der Waals surface area contributed by atoms with E-state index in [0.717, 1.165) is 24.0 Å². The summed E-state index contributed by atoms with van der Waals surface area (Å²) >= 11 is 3.35. The van der Waals surface area contributed by atoms with E-state index in [4.69, 9.17) is 4.74 Å². The maximum atomic E-state index is 12.3. The Bertz CT molecular complexity index is 481. The quantitative estimate of drug-likeness (QED) is 0.863. The number of hydrogen-bond acceptors (Lipinski definition) is 4. The van der Waals surface area contributed by atoms with E-state index in [0.29, 0.717) is 23.8 Å². The summed E-state index contributed by atoms with van der Waals surface area (Å²) in [5, 5.41) is 6.08. The van der Waals surface area contributed by atoms with E-state index >= 15 is 0 Å². The normalized spacial score (nSPS) is 21.8. The van der Waals surface area contributed by atoms with Gasteiger partial charge < -0.3 is 15.4 Å². The molecule has 1 aromatic heterocycles. The second-order valence-electron chi connectivity index (χ2n) is 4.91. The second kappa shape index (κ2) is 7.04. The lowest BCUT2D eigenvalue weighted by Gasteiger charge is -2.16. The van der Waals surface area contributed by atoms with Gasteiger partial charge in [0.05, 0.1) is 11.7 Å². The van der Waals surface area contributed by atoms with Crippen LogP contribution in [0.2, 0.25) is 0 Å². The molecule has 110 valence electrons. The lowest BCUT2D eigenvalue weighted by molar-refractivity contribution is 0.0908. The number of nitrogens with one attached hydrogen (secondary N) is 2. The van der Waals surface area contributed by atoms with Gasteiger partial charge in [-0.3, -0.25) is 4.79 Å². The molecular formula is C14H20BrN3O2. The molecule has 1 aliphatic rings. The van der Waals surface area contributed by atoms with E-state index < -0.39 is 0 Å². The van der Waals surface area contributed by atoms with Gasteiger partial charge in [0.25, 0.3) is 5.91 Å². The van der Waals surface area contributed by atoms with Crippen molar-refractivity contribution in [3.63, 3.8) is 0 Å². The highest BCUT2D eigenvalue weighted by atomic mass is 79.9. The van der Waals surface area contributed by atoms with Gasteiger partial charge in [0.15, 0.2) is 0 Å². The first-order valence-corrected chi connectivity index (χ1v) is 7.70. The molecule has 1 aliphatic heterocycles. The fourth-order valence-electron chi connectivity index (χ4n) is 2.28. The number of rotatable bonds is 5. The van der Waals surface area contributed by atoms with Crippen molar-refractivity contribution in [2.45, 2.75) is 26.4 Å². The van der Waals surface area contributed by atoms with E-state index in [1.807, 2.05) is 6.92 Å². The van der Waals surface area contributed by atoms with E-state index in [9.17, 15) is 4.79 Å². The molecule has 2 atom stereocenters. The fourth-order valence-corrected chi connectivity index (χ4v) is 2.62. The maximum Gasteiger partial charge on any atom is 0.255 e. The lowest BCUT2D eigenvalue weighted by Crippen LogP contribution is -2.32. The van der Waals surface area contributed by atoms with Gasteiger partial charge in [0.1, 0.15) is 5.82 Å². The number of hydrogen-bond donors (Lipinski definition) is 2. The van der Waals surface area contributed by atoms with Gasteiger partial charge in [-0.25, -0.2) is 4.98 Å². The predicted molar refractivity (Wildman–Crippen MR) is 82.0 cm³/mol. The molecule has 0 aliphatic carbocycles. The van der Waals surface area contributed by atoms with Crippen molar-refractivity contribution >= 4 is 27.7 Å². The number of halogens is 1. The molecule has 1 aromatic rings. The highest BCUT2D eigenvalue weighted by molar-refractivity contribution is 9.10. The van der Waals surface area contributed by atoms with Gasteiger partial charge in [0, 0.05) is 36.3 Å². The summed E-state index contributed by atoms with van der Waals surface area (Å²) in [5.74, 6) is 0.902. The molecule has 0 radical (unpaired) electrons. The number of carbonyl (C=O) groups excluding carboxylic acids is 1. The number of aromatic nitrogens is 1. The van der Waals surface area contributed by atoms with E-state index in [2.05, 4.69) is 38.5 Å². The Morgan fingerprint density at radius 2 is 2.40 bits per heavy atom. The Morgan fingerprint density at radius 1 is 1.60 bits per heavy atom. The molecule has 1 amide bonds.